The van der Waals surface area contributed by atoms with Crippen LogP contribution in [0.25, 0.3) is 10.4 Å². The number of piperidine rings is 1. The monoisotopic (exact) mass is 561 g/mol. The molecular weight excluding hydrogens is 534 g/mol. The largest absolute Gasteiger partial charge is 0.303 e. The van der Waals surface area contributed by atoms with E-state index in [9.17, 15) is 8.42 Å². The molecule has 0 saturated carbocycles. The van der Waals surface area contributed by atoms with Crippen molar-refractivity contribution < 1.29 is 8.42 Å². The average Bonchev–Trinajstić information content (AvgIpc) is 3.23. The molecule has 160 valence electrons. The molecule has 0 radical (unpaired) electrons. The summed E-state index contributed by atoms with van der Waals surface area (Å²) in [5, 5.41) is 1.55. The van der Waals surface area contributed by atoms with Crippen molar-refractivity contribution >= 4 is 53.0 Å². The summed E-state index contributed by atoms with van der Waals surface area (Å²) in [6, 6.07) is 7.60. The van der Waals surface area contributed by atoms with E-state index in [4.69, 9.17) is 0 Å². The molecule has 0 spiro atoms. The Balaban J connectivity index is 1.80. The van der Waals surface area contributed by atoms with Crippen LogP contribution in [0.4, 0.5) is 0 Å². The Hall–Kier alpha value is -0.210. The molecule has 2 atom stereocenters. The molecule has 3 rings (SSSR count). The molecule has 0 amide bonds. The van der Waals surface area contributed by atoms with E-state index in [0.29, 0.717) is 4.90 Å². The number of hydrogen-bond acceptors (Lipinski definition) is 4. The van der Waals surface area contributed by atoms with Gasteiger partial charge in [-0.25, -0.2) is 8.42 Å². The third kappa shape index (κ3) is 5.53. The minimum absolute atomic E-state index is 0.0953. The molecule has 1 aromatic heterocycles. The van der Waals surface area contributed by atoms with Crippen molar-refractivity contribution in [3.63, 3.8) is 0 Å². The average molecular weight is 563 g/mol. The smallest absolute Gasteiger partial charge is 0.181 e. The molecule has 1 fully saturated rings. The van der Waals surface area contributed by atoms with E-state index in [0.717, 1.165) is 51.4 Å². The van der Waals surface area contributed by atoms with Crippen LogP contribution in [0.5, 0.6) is 0 Å². The lowest BCUT2D eigenvalue weighted by Gasteiger charge is -2.31. The number of rotatable bonds is 7. The van der Waals surface area contributed by atoms with Crippen molar-refractivity contribution in [2.45, 2.75) is 50.2 Å². The molecule has 0 N–H and O–H groups in total. The van der Waals surface area contributed by atoms with E-state index in [1.165, 1.54) is 12.8 Å². The minimum Gasteiger partial charge on any atom is -0.303 e. The third-order valence-corrected chi connectivity index (χ3v) is 11.3. The van der Waals surface area contributed by atoms with Crippen LogP contribution in [0.2, 0.25) is 0 Å². The molecule has 7 heteroatoms. The van der Waals surface area contributed by atoms with Gasteiger partial charge in [0, 0.05) is 19.4 Å². The van der Waals surface area contributed by atoms with Gasteiger partial charge in [0.2, 0.25) is 0 Å². The molecule has 1 aromatic carbocycles. The highest BCUT2D eigenvalue weighted by Gasteiger charge is 2.32. The van der Waals surface area contributed by atoms with Gasteiger partial charge >= 0.3 is 0 Å². The van der Waals surface area contributed by atoms with Gasteiger partial charge in [0.05, 0.1) is 10.1 Å². The Bertz CT molecular complexity index is 921. The van der Waals surface area contributed by atoms with Gasteiger partial charge in [-0.2, -0.15) is 0 Å². The number of hydrogen-bond donors (Lipinski definition) is 0. The second-order valence-electron chi connectivity index (χ2n) is 8.28. The number of likely N-dealkylation sites (tertiary alicyclic amines) is 1. The lowest BCUT2D eigenvalue weighted by atomic mass is 9.98. The fraction of sp³-hybridized carbons (Fsp3) is 0.545. The van der Waals surface area contributed by atoms with Gasteiger partial charge in [0.25, 0.3) is 0 Å². The van der Waals surface area contributed by atoms with Crippen LogP contribution in [0, 0.1) is 11.8 Å². The lowest BCUT2D eigenvalue weighted by Crippen LogP contribution is -2.36. The van der Waals surface area contributed by atoms with Gasteiger partial charge in [-0.05, 0) is 113 Å². The summed E-state index contributed by atoms with van der Waals surface area (Å²) in [5.74, 6) is 0.910. The van der Waals surface area contributed by atoms with Gasteiger partial charge in [-0.15, -0.1) is 11.3 Å². The summed E-state index contributed by atoms with van der Waals surface area (Å²) >= 11 is 8.59. The molecule has 0 bridgehead atoms. The normalized spacial score (nSPS) is 18.7. The molecule has 1 unspecified atom stereocenters. The van der Waals surface area contributed by atoms with Crippen LogP contribution >= 0.6 is 43.2 Å². The highest BCUT2D eigenvalue weighted by molar-refractivity contribution is 9.13. The molecule has 3 nitrogen and oxygen atoms in total. The van der Waals surface area contributed by atoms with E-state index in [1.807, 2.05) is 30.5 Å². The van der Waals surface area contributed by atoms with Gasteiger partial charge in [-0.3, -0.25) is 0 Å². The summed E-state index contributed by atoms with van der Waals surface area (Å²) in [6.45, 7) is 9.51. The molecule has 1 saturated heterocycles. The number of halogens is 2. The SMILES string of the molecule is CC1CCN(CC[C@@H](C)C(C)S(=O)(=O)c2cc(Br)c(Br)cc2-c2cccs2)CC1. The second kappa shape index (κ2) is 9.94. The van der Waals surface area contributed by atoms with E-state index in [1.54, 1.807) is 17.4 Å². The first-order valence-electron chi connectivity index (χ1n) is 10.2. The van der Waals surface area contributed by atoms with Gasteiger partial charge in [0.15, 0.2) is 9.84 Å². The quantitative estimate of drug-likeness (QED) is 0.370. The van der Waals surface area contributed by atoms with Crippen LogP contribution in [-0.2, 0) is 9.84 Å². The summed E-state index contributed by atoms with van der Waals surface area (Å²) in [7, 11) is -3.46. The highest BCUT2D eigenvalue weighted by atomic mass is 79.9. The van der Waals surface area contributed by atoms with Crippen molar-refractivity contribution in [1.82, 2.24) is 4.90 Å². The van der Waals surface area contributed by atoms with Crippen LogP contribution in [-0.4, -0.2) is 38.2 Å². The van der Waals surface area contributed by atoms with Crippen molar-refractivity contribution in [3.05, 3.63) is 38.6 Å². The summed E-state index contributed by atoms with van der Waals surface area (Å²) < 4.78 is 28.8. The molecule has 2 aromatic rings. The minimum atomic E-state index is -3.46. The molecule has 2 heterocycles. The third-order valence-electron chi connectivity index (χ3n) is 6.18. The van der Waals surface area contributed by atoms with Crippen molar-refractivity contribution in [2.24, 2.45) is 11.8 Å². The number of nitrogens with zero attached hydrogens (tertiary/aromatic N) is 1. The van der Waals surface area contributed by atoms with Crippen LogP contribution in [0.15, 0.2) is 43.5 Å². The topological polar surface area (TPSA) is 37.4 Å². The standard InChI is InChI=1S/C22H29Br2NO2S2/c1-15-6-9-25(10-7-15)11-8-16(2)17(3)29(26,27)22-14-20(24)19(23)13-18(22)21-5-4-12-28-21/h4-5,12-17H,6-11H2,1-3H3/t16-,17?/m1/s1. The maximum atomic E-state index is 13.6. The van der Waals surface area contributed by atoms with Crippen LogP contribution in [0.1, 0.15) is 40.0 Å². The highest BCUT2D eigenvalue weighted by Crippen LogP contribution is 2.39. The van der Waals surface area contributed by atoms with Crippen molar-refractivity contribution in [1.29, 1.82) is 0 Å². The number of benzene rings is 1. The molecule has 0 aliphatic carbocycles. The predicted molar refractivity (Wildman–Crippen MR) is 130 cm³/mol. The second-order valence-corrected chi connectivity index (χ2v) is 13.2. The van der Waals surface area contributed by atoms with Gasteiger partial charge in [-0.1, -0.05) is 19.9 Å². The Kier molecular flexibility index (Phi) is 8.04. The zero-order valence-corrected chi connectivity index (χ0v) is 22.0. The first-order valence-corrected chi connectivity index (χ1v) is 14.2. The first-order chi connectivity index (χ1) is 13.7. The maximum Gasteiger partial charge on any atom is 0.181 e. The zero-order valence-electron chi connectivity index (χ0n) is 17.2. The Morgan fingerprint density at radius 3 is 2.45 bits per heavy atom. The van der Waals surface area contributed by atoms with Crippen LogP contribution < -0.4 is 0 Å². The molecule has 1 aliphatic heterocycles. The summed E-state index contributed by atoms with van der Waals surface area (Å²) in [4.78, 5) is 3.88. The Morgan fingerprint density at radius 1 is 1.17 bits per heavy atom. The fourth-order valence-electron chi connectivity index (χ4n) is 3.80. The lowest BCUT2D eigenvalue weighted by molar-refractivity contribution is 0.182. The number of thiophene rings is 1. The van der Waals surface area contributed by atoms with Gasteiger partial charge in [0.1, 0.15) is 0 Å². The van der Waals surface area contributed by atoms with E-state index in [-0.39, 0.29) is 5.92 Å². The zero-order chi connectivity index (χ0) is 21.2. The van der Waals surface area contributed by atoms with Crippen molar-refractivity contribution in [2.75, 3.05) is 19.6 Å². The number of sulfone groups is 1. The van der Waals surface area contributed by atoms with E-state index in [2.05, 4.69) is 50.6 Å². The predicted octanol–water partition coefficient (Wildman–Crippen LogP) is 6.86. The van der Waals surface area contributed by atoms with E-state index >= 15 is 0 Å². The van der Waals surface area contributed by atoms with Crippen molar-refractivity contribution in [3.8, 4) is 10.4 Å². The molecule has 29 heavy (non-hydrogen) atoms. The summed E-state index contributed by atoms with van der Waals surface area (Å²) in [5.41, 5.74) is 0.777. The Labute approximate surface area is 196 Å². The fourth-order valence-corrected chi connectivity index (χ4v) is 7.37. The van der Waals surface area contributed by atoms with E-state index < -0.39 is 15.1 Å². The summed E-state index contributed by atoms with van der Waals surface area (Å²) in [6.07, 6.45) is 3.40. The first kappa shape index (κ1) is 23.5. The van der Waals surface area contributed by atoms with Gasteiger partial charge < -0.3 is 4.90 Å². The molecule has 1 aliphatic rings. The maximum absolute atomic E-state index is 13.6. The molecular formula is C22H29Br2NO2S2. The van der Waals surface area contributed by atoms with Crippen LogP contribution in [0.3, 0.4) is 0 Å². The Morgan fingerprint density at radius 2 is 1.83 bits per heavy atom.